The van der Waals surface area contributed by atoms with Crippen molar-refractivity contribution in [3.05, 3.63) is 35.4 Å². The molecule has 110 valence electrons. The van der Waals surface area contributed by atoms with Crippen molar-refractivity contribution in [3.8, 4) is 0 Å². The molecule has 0 aromatic heterocycles. The number of nitrogens with one attached hydrogen (secondary N) is 1. The zero-order valence-corrected chi connectivity index (χ0v) is 11.8. The Morgan fingerprint density at radius 1 is 1.40 bits per heavy atom. The van der Waals surface area contributed by atoms with Gasteiger partial charge < -0.3 is 9.84 Å². The molecule has 0 fully saturated rings. The van der Waals surface area contributed by atoms with Gasteiger partial charge in [-0.1, -0.05) is 12.1 Å². The van der Waals surface area contributed by atoms with Gasteiger partial charge in [0.25, 0.3) is 0 Å². The van der Waals surface area contributed by atoms with E-state index in [-0.39, 0.29) is 5.56 Å². The van der Waals surface area contributed by atoms with Gasteiger partial charge in [-0.15, -0.1) is 0 Å². The molecule has 0 saturated carbocycles. The highest BCUT2D eigenvalue weighted by Gasteiger charge is 2.20. The lowest BCUT2D eigenvalue weighted by molar-refractivity contribution is -0.138. The monoisotopic (exact) mass is 301 g/mol. The summed E-state index contributed by atoms with van der Waals surface area (Å²) in [7, 11) is -2.59. The van der Waals surface area contributed by atoms with Crippen molar-refractivity contribution in [3.63, 3.8) is 0 Å². The summed E-state index contributed by atoms with van der Waals surface area (Å²) in [5.41, 5.74) is 0.587. The summed E-state index contributed by atoms with van der Waals surface area (Å²) < 4.78 is 30.1. The summed E-state index contributed by atoms with van der Waals surface area (Å²) in [6.45, 7) is 1.23. The van der Waals surface area contributed by atoms with E-state index in [0.29, 0.717) is 5.56 Å². The van der Waals surface area contributed by atoms with Crippen LogP contribution in [0.5, 0.6) is 0 Å². The number of methoxy groups -OCH3 is 1. The average molecular weight is 301 g/mol. The zero-order valence-electron chi connectivity index (χ0n) is 11.0. The second-order valence-corrected chi connectivity index (χ2v) is 5.88. The Labute approximate surface area is 116 Å². The van der Waals surface area contributed by atoms with E-state index in [1.807, 2.05) is 4.72 Å². The molecule has 8 heteroatoms. The predicted octanol–water partition coefficient (Wildman–Crippen LogP) is 0.366. The van der Waals surface area contributed by atoms with Crippen LogP contribution in [0.3, 0.4) is 0 Å². The summed E-state index contributed by atoms with van der Waals surface area (Å²) in [4.78, 5) is 22.0. The highest BCUT2D eigenvalue weighted by Crippen LogP contribution is 2.10. The van der Waals surface area contributed by atoms with Crippen LogP contribution in [0.25, 0.3) is 0 Å². The summed E-state index contributed by atoms with van der Waals surface area (Å²) >= 11 is 0. The largest absolute Gasteiger partial charge is 0.480 e. The molecule has 0 spiro atoms. The van der Waals surface area contributed by atoms with Crippen LogP contribution < -0.4 is 4.72 Å². The summed E-state index contributed by atoms with van der Waals surface area (Å²) in [5.74, 6) is -2.26. The average Bonchev–Trinajstić information content (AvgIpc) is 2.36. The maximum atomic E-state index is 11.8. The van der Waals surface area contributed by atoms with Gasteiger partial charge in [0.1, 0.15) is 6.04 Å². The maximum absolute atomic E-state index is 11.8. The highest BCUT2D eigenvalue weighted by molar-refractivity contribution is 7.88. The number of hydrogen-bond donors (Lipinski definition) is 2. The molecule has 0 aliphatic rings. The fourth-order valence-corrected chi connectivity index (χ4v) is 2.83. The molecule has 0 aliphatic heterocycles. The summed E-state index contributed by atoms with van der Waals surface area (Å²) in [6, 6.07) is 4.71. The van der Waals surface area contributed by atoms with Gasteiger partial charge in [-0.25, -0.2) is 17.9 Å². The number of carboxylic acid groups (broad SMARTS) is 1. The molecule has 7 nitrogen and oxygen atoms in total. The molecular formula is C12H15NO6S. The Balaban J connectivity index is 2.87. The maximum Gasteiger partial charge on any atom is 0.337 e. The molecular weight excluding hydrogens is 286 g/mol. The number of benzene rings is 1. The molecule has 0 heterocycles. The molecule has 0 aliphatic carbocycles. The third kappa shape index (κ3) is 4.63. The first-order valence-electron chi connectivity index (χ1n) is 5.65. The Hall–Kier alpha value is -1.93. The molecule has 1 aromatic rings. The first-order valence-corrected chi connectivity index (χ1v) is 7.30. The van der Waals surface area contributed by atoms with Gasteiger partial charge in [0.05, 0.1) is 18.4 Å². The molecule has 2 N–H and O–H groups in total. The van der Waals surface area contributed by atoms with Crippen molar-refractivity contribution in [1.29, 1.82) is 0 Å². The van der Waals surface area contributed by atoms with Gasteiger partial charge in [-0.3, -0.25) is 4.79 Å². The third-order valence-corrected chi connectivity index (χ3v) is 3.86. The lowest BCUT2D eigenvalue weighted by Gasteiger charge is -2.10. The van der Waals surface area contributed by atoms with E-state index in [2.05, 4.69) is 4.74 Å². The number of rotatable bonds is 6. The Morgan fingerprint density at radius 2 is 2.05 bits per heavy atom. The molecule has 0 saturated heterocycles. The van der Waals surface area contributed by atoms with Crippen molar-refractivity contribution in [2.24, 2.45) is 0 Å². The fraction of sp³-hybridized carbons (Fsp3) is 0.333. The van der Waals surface area contributed by atoms with Crippen molar-refractivity contribution in [2.75, 3.05) is 7.11 Å². The van der Waals surface area contributed by atoms with E-state index < -0.39 is 33.8 Å². The number of aliphatic carboxylic acids is 1. The quantitative estimate of drug-likeness (QED) is 0.734. The topological polar surface area (TPSA) is 110 Å². The van der Waals surface area contributed by atoms with Crippen LogP contribution >= 0.6 is 0 Å². The SMILES string of the molecule is COC(=O)c1cccc(CS(=O)(=O)N[C@H](C)C(=O)O)c1. The van der Waals surface area contributed by atoms with Crippen LogP contribution in [-0.2, 0) is 25.3 Å². The molecule has 0 amide bonds. The third-order valence-electron chi connectivity index (χ3n) is 2.43. The molecule has 20 heavy (non-hydrogen) atoms. The number of ether oxygens (including phenoxy) is 1. The molecule has 0 unspecified atom stereocenters. The summed E-state index contributed by atoms with van der Waals surface area (Å²) in [6.07, 6.45) is 0. The van der Waals surface area contributed by atoms with Gasteiger partial charge >= 0.3 is 11.9 Å². The van der Waals surface area contributed by atoms with Gasteiger partial charge in [0.15, 0.2) is 0 Å². The molecule has 1 atom stereocenters. The minimum Gasteiger partial charge on any atom is -0.480 e. The normalized spacial score (nSPS) is 12.7. The van der Waals surface area contributed by atoms with Crippen LogP contribution in [-0.4, -0.2) is 38.6 Å². The smallest absolute Gasteiger partial charge is 0.337 e. The number of hydrogen-bond acceptors (Lipinski definition) is 5. The van der Waals surface area contributed by atoms with Gasteiger partial charge in [0, 0.05) is 0 Å². The van der Waals surface area contributed by atoms with Crippen LogP contribution in [0, 0.1) is 0 Å². The van der Waals surface area contributed by atoms with Crippen molar-refractivity contribution in [1.82, 2.24) is 4.72 Å². The lowest BCUT2D eigenvalue weighted by Crippen LogP contribution is -2.38. The second kappa shape index (κ2) is 6.49. The Bertz CT molecular complexity index is 610. The van der Waals surface area contributed by atoms with Crippen molar-refractivity contribution >= 4 is 22.0 Å². The number of carbonyl (C=O) groups excluding carboxylic acids is 1. The first-order chi connectivity index (χ1) is 9.25. The fourth-order valence-electron chi connectivity index (χ4n) is 1.49. The molecule has 0 bridgehead atoms. The molecule has 1 rings (SSSR count). The first kappa shape index (κ1) is 16.1. The lowest BCUT2D eigenvalue weighted by atomic mass is 10.1. The van der Waals surface area contributed by atoms with Gasteiger partial charge in [-0.05, 0) is 24.6 Å². The second-order valence-electron chi connectivity index (χ2n) is 4.13. The molecule has 1 aromatic carbocycles. The summed E-state index contributed by atoms with van der Waals surface area (Å²) in [5, 5.41) is 8.67. The minimum absolute atomic E-state index is 0.228. The predicted molar refractivity (Wildman–Crippen MR) is 70.6 cm³/mol. The zero-order chi connectivity index (χ0) is 15.3. The Kier molecular flexibility index (Phi) is 5.23. The van der Waals surface area contributed by atoms with Gasteiger partial charge in [0.2, 0.25) is 10.0 Å². The number of esters is 1. The Morgan fingerprint density at radius 3 is 2.60 bits per heavy atom. The van der Waals surface area contributed by atoms with E-state index in [0.717, 1.165) is 0 Å². The van der Waals surface area contributed by atoms with Gasteiger partial charge in [-0.2, -0.15) is 0 Å². The van der Waals surface area contributed by atoms with E-state index in [9.17, 15) is 18.0 Å². The number of carbonyl (C=O) groups is 2. The van der Waals surface area contributed by atoms with Crippen LogP contribution in [0.1, 0.15) is 22.8 Å². The van der Waals surface area contributed by atoms with E-state index in [1.54, 1.807) is 0 Å². The number of carboxylic acids is 1. The van der Waals surface area contributed by atoms with E-state index in [4.69, 9.17) is 5.11 Å². The van der Waals surface area contributed by atoms with E-state index >= 15 is 0 Å². The van der Waals surface area contributed by atoms with Crippen molar-refractivity contribution in [2.45, 2.75) is 18.7 Å². The standard InChI is InChI=1S/C12H15NO6S/c1-8(11(14)15)13-20(17,18)7-9-4-3-5-10(6-9)12(16)19-2/h3-6,8,13H,7H2,1-2H3,(H,14,15)/t8-/m1/s1. The van der Waals surface area contributed by atoms with Crippen molar-refractivity contribution < 1.29 is 27.9 Å². The molecule has 0 radical (unpaired) electrons. The minimum atomic E-state index is -3.81. The van der Waals surface area contributed by atoms with E-state index in [1.165, 1.54) is 38.3 Å². The van der Waals surface area contributed by atoms with Crippen LogP contribution in [0.15, 0.2) is 24.3 Å². The van der Waals surface area contributed by atoms with Crippen LogP contribution in [0.4, 0.5) is 0 Å². The van der Waals surface area contributed by atoms with Crippen LogP contribution in [0.2, 0.25) is 0 Å². The highest BCUT2D eigenvalue weighted by atomic mass is 32.2. The number of sulfonamides is 1.